The number of methoxy groups -OCH3 is 2. The lowest BCUT2D eigenvalue weighted by Gasteiger charge is -2.56. The molecule has 1 aliphatic rings. The van der Waals surface area contributed by atoms with Crippen molar-refractivity contribution in [2.24, 2.45) is 11.3 Å². The number of furan rings is 1. The molecule has 0 aromatic carbocycles. The van der Waals surface area contributed by atoms with E-state index in [1.165, 1.54) is 7.11 Å². The number of carbonyl (C=O) groups is 1. The Morgan fingerprint density at radius 3 is 2.65 bits per heavy atom. The Bertz CT molecular complexity index is 480. The lowest BCUT2D eigenvalue weighted by Crippen LogP contribution is -2.66. The third-order valence-corrected chi connectivity index (χ3v) is 4.34. The molecule has 1 aliphatic carbocycles. The topological polar surface area (TPSA) is 60.7 Å². The van der Waals surface area contributed by atoms with Crippen LogP contribution in [0.5, 0.6) is 0 Å². The van der Waals surface area contributed by atoms with Gasteiger partial charge in [0, 0.05) is 18.6 Å². The van der Waals surface area contributed by atoms with E-state index in [1.54, 1.807) is 19.2 Å². The van der Waals surface area contributed by atoms with Crippen LogP contribution in [0, 0.1) is 11.3 Å². The molecule has 0 aliphatic heterocycles. The van der Waals surface area contributed by atoms with Crippen LogP contribution in [-0.2, 0) is 16.0 Å². The molecule has 0 unspecified atom stereocenters. The van der Waals surface area contributed by atoms with Crippen molar-refractivity contribution in [1.82, 2.24) is 5.32 Å². The maximum absolute atomic E-state index is 11.3. The average Bonchev–Trinajstić information content (AvgIpc) is 2.86. The molecule has 2 rings (SSSR count). The zero-order valence-electron chi connectivity index (χ0n) is 12.7. The fourth-order valence-electron chi connectivity index (χ4n) is 3.45. The normalized spacial score (nSPS) is 27.9. The van der Waals surface area contributed by atoms with Crippen LogP contribution in [0.25, 0.3) is 0 Å². The van der Waals surface area contributed by atoms with Gasteiger partial charge in [0.05, 0.1) is 19.8 Å². The lowest BCUT2D eigenvalue weighted by molar-refractivity contribution is -0.145. The molecule has 0 spiro atoms. The van der Waals surface area contributed by atoms with Gasteiger partial charge in [-0.3, -0.25) is 0 Å². The van der Waals surface area contributed by atoms with Gasteiger partial charge in [-0.15, -0.1) is 0 Å². The summed E-state index contributed by atoms with van der Waals surface area (Å²) in [5.41, 5.74) is 0.0892. The zero-order valence-corrected chi connectivity index (χ0v) is 12.7. The Morgan fingerprint density at radius 2 is 2.10 bits per heavy atom. The van der Waals surface area contributed by atoms with Gasteiger partial charge in [0.2, 0.25) is 5.76 Å². The molecule has 0 bridgehead atoms. The molecule has 1 N–H and O–H groups in total. The maximum atomic E-state index is 11.3. The molecule has 0 radical (unpaired) electrons. The minimum atomic E-state index is -0.451. The summed E-state index contributed by atoms with van der Waals surface area (Å²) >= 11 is 0. The molecule has 20 heavy (non-hydrogen) atoms. The fraction of sp³-hybridized carbons (Fsp3) is 0.667. The van der Waals surface area contributed by atoms with E-state index in [9.17, 15) is 4.79 Å². The highest BCUT2D eigenvalue weighted by Crippen LogP contribution is 2.46. The van der Waals surface area contributed by atoms with Gasteiger partial charge in [-0.2, -0.15) is 0 Å². The van der Waals surface area contributed by atoms with Crippen molar-refractivity contribution in [1.29, 1.82) is 0 Å². The number of carbonyl (C=O) groups excluding carboxylic acids is 1. The second kappa shape index (κ2) is 5.58. The highest BCUT2D eigenvalue weighted by molar-refractivity contribution is 5.86. The predicted molar refractivity (Wildman–Crippen MR) is 74.4 cm³/mol. The summed E-state index contributed by atoms with van der Waals surface area (Å²) < 4.78 is 15.6. The van der Waals surface area contributed by atoms with Crippen molar-refractivity contribution in [3.63, 3.8) is 0 Å². The van der Waals surface area contributed by atoms with Gasteiger partial charge in [-0.1, -0.05) is 20.8 Å². The van der Waals surface area contributed by atoms with Gasteiger partial charge in [0.1, 0.15) is 5.76 Å². The first-order chi connectivity index (χ1) is 9.41. The summed E-state index contributed by atoms with van der Waals surface area (Å²) in [6.07, 6.45) is 0.266. The van der Waals surface area contributed by atoms with Crippen LogP contribution in [0.3, 0.4) is 0 Å². The quantitative estimate of drug-likeness (QED) is 0.839. The van der Waals surface area contributed by atoms with E-state index < -0.39 is 5.97 Å². The monoisotopic (exact) mass is 281 g/mol. The summed E-state index contributed by atoms with van der Waals surface area (Å²) in [6, 6.07) is 3.79. The average molecular weight is 281 g/mol. The molecular formula is C15H23NO4. The van der Waals surface area contributed by atoms with Crippen LogP contribution >= 0.6 is 0 Å². The first kappa shape index (κ1) is 15.1. The third-order valence-electron chi connectivity index (χ3n) is 4.34. The Kier molecular flexibility index (Phi) is 4.20. The van der Waals surface area contributed by atoms with E-state index in [2.05, 4.69) is 30.8 Å². The van der Waals surface area contributed by atoms with Crippen molar-refractivity contribution in [2.45, 2.75) is 39.5 Å². The Labute approximate surface area is 119 Å². The largest absolute Gasteiger partial charge is 0.463 e. The highest BCUT2D eigenvalue weighted by atomic mass is 16.5. The summed E-state index contributed by atoms with van der Waals surface area (Å²) in [6.45, 7) is 7.16. The summed E-state index contributed by atoms with van der Waals surface area (Å²) in [7, 11) is 3.10. The zero-order chi connectivity index (χ0) is 14.9. The molecule has 112 valence electrons. The molecule has 1 aromatic heterocycles. The van der Waals surface area contributed by atoms with Crippen LogP contribution in [0.15, 0.2) is 16.5 Å². The second-order valence-corrected chi connectivity index (χ2v) is 5.95. The maximum Gasteiger partial charge on any atom is 0.373 e. The first-order valence-electron chi connectivity index (χ1n) is 6.85. The smallest absolute Gasteiger partial charge is 0.373 e. The SMILES string of the molecule is COC(=O)c1ccc(CN[C@@H]2[C@H](C)[C@@H](OC)C2(C)C)o1. The predicted octanol–water partition coefficient (Wildman–Crippen LogP) is 2.22. The summed E-state index contributed by atoms with van der Waals surface area (Å²) in [5, 5.41) is 3.48. The molecule has 1 saturated carbocycles. The van der Waals surface area contributed by atoms with Crippen LogP contribution in [0.1, 0.15) is 37.1 Å². The number of hydrogen-bond acceptors (Lipinski definition) is 5. The van der Waals surface area contributed by atoms with Crippen LogP contribution in [-0.4, -0.2) is 32.3 Å². The van der Waals surface area contributed by atoms with Gasteiger partial charge in [0.15, 0.2) is 0 Å². The van der Waals surface area contributed by atoms with Crippen LogP contribution in [0.2, 0.25) is 0 Å². The van der Waals surface area contributed by atoms with Crippen molar-refractivity contribution < 1.29 is 18.7 Å². The van der Waals surface area contributed by atoms with Gasteiger partial charge < -0.3 is 19.2 Å². The van der Waals surface area contributed by atoms with E-state index in [-0.39, 0.29) is 17.3 Å². The van der Waals surface area contributed by atoms with Crippen LogP contribution in [0.4, 0.5) is 0 Å². The number of rotatable bonds is 5. The van der Waals surface area contributed by atoms with Gasteiger partial charge >= 0.3 is 5.97 Å². The first-order valence-corrected chi connectivity index (χ1v) is 6.85. The molecule has 5 heteroatoms. The van der Waals surface area contributed by atoms with Crippen molar-refractivity contribution in [2.75, 3.05) is 14.2 Å². The van der Waals surface area contributed by atoms with Gasteiger partial charge in [0.25, 0.3) is 0 Å². The molecule has 3 atom stereocenters. The van der Waals surface area contributed by atoms with Crippen molar-refractivity contribution >= 4 is 5.97 Å². The van der Waals surface area contributed by atoms with E-state index in [4.69, 9.17) is 9.15 Å². The number of nitrogens with one attached hydrogen (secondary N) is 1. The summed E-state index contributed by atoms with van der Waals surface area (Å²) in [5.74, 6) is 0.965. The lowest BCUT2D eigenvalue weighted by atomic mass is 9.58. The second-order valence-electron chi connectivity index (χ2n) is 5.95. The number of hydrogen-bond donors (Lipinski definition) is 1. The Hall–Kier alpha value is -1.33. The number of esters is 1. The standard InChI is InChI=1S/C15H23NO4/c1-9-12(15(2,3)13(9)18-4)16-8-10-6-7-11(20-10)14(17)19-5/h6-7,9,12-13,16H,8H2,1-5H3/t9-,12+,13+/m0/s1. The van der Waals surface area contributed by atoms with Gasteiger partial charge in [-0.25, -0.2) is 4.79 Å². The van der Waals surface area contributed by atoms with Crippen molar-refractivity contribution in [3.8, 4) is 0 Å². The molecular weight excluding hydrogens is 258 g/mol. The minimum Gasteiger partial charge on any atom is -0.463 e. The van der Waals surface area contributed by atoms with E-state index in [0.29, 0.717) is 18.5 Å². The molecule has 5 nitrogen and oxygen atoms in total. The van der Waals surface area contributed by atoms with E-state index in [0.717, 1.165) is 5.76 Å². The molecule has 0 saturated heterocycles. The molecule has 1 heterocycles. The van der Waals surface area contributed by atoms with E-state index >= 15 is 0 Å². The highest BCUT2D eigenvalue weighted by Gasteiger charge is 2.54. The minimum absolute atomic E-state index is 0.0892. The third kappa shape index (κ3) is 2.47. The van der Waals surface area contributed by atoms with Gasteiger partial charge in [-0.05, 0) is 18.1 Å². The molecule has 1 aromatic rings. The summed E-state index contributed by atoms with van der Waals surface area (Å²) in [4.78, 5) is 11.3. The fourth-order valence-corrected chi connectivity index (χ4v) is 3.45. The molecule has 0 amide bonds. The van der Waals surface area contributed by atoms with E-state index in [1.807, 2.05) is 0 Å². The van der Waals surface area contributed by atoms with Crippen LogP contribution < -0.4 is 5.32 Å². The Balaban J connectivity index is 1.93. The Morgan fingerprint density at radius 1 is 1.40 bits per heavy atom. The number of ether oxygens (including phenoxy) is 2. The molecule has 1 fully saturated rings. The van der Waals surface area contributed by atoms with Crippen molar-refractivity contribution in [3.05, 3.63) is 23.7 Å².